The summed E-state index contributed by atoms with van der Waals surface area (Å²) in [6.07, 6.45) is -3.40. The van der Waals surface area contributed by atoms with Crippen molar-refractivity contribution in [2.45, 2.75) is 50.0 Å². The van der Waals surface area contributed by atoms with E-state index in [0.29, 0.717) is 0 Å². The lowest BCUT2D eigenvalue weighted by atomic mass is 9.57. The maximum atomic E-state index is 16.0. The Bertz CT molecular complexity index is 1450. The van der Waals surface area contributed by atoms with E-state index in [1.54, 1.807) is 0 Å². The molecule has 0 heterocycles. The molecule has 4 aliphatic carbocycles. The molecule has 228 valence electrons. The maximum Gasteiger partial charge on any atom is 0.401 e. The Morgan fingerprint density at radius 2 is 1.86 bits per heavy atom. The number of carbonyl (C=O) groups excluding carboxylic acids is 2. The predicted molar refractivity (Wildman–Crippen MR) is 141 cm³/mol. The first-order valence-corrected chi connectivity index (χ1v) is 13.5. The van der Waals surface area contributed by atoms with Crippen LogP contribution in [0.1, 0.15) is 36.0 Å². The van der Waals surface area contributed by atoms with E-state index in [-0.39, 0.29) is 42.0 Å². The summed E-state index contributed by atoms with van der Waals surface area (Å²) in [6.45, 7) is -1.61. The van der Waals surface area contributed by atoms with Gasteiger partial charge in [0.15, 0.2) is 5.60 Å². The van der Waals surface area contributed by atoms with Crippen LogP contribution in [-0.4, -0.2) is 92.6 Å². The molecule has 2 saturated carbocycles. The highest BCUT2D eigenvalue weighted by Crippen LogP contribution is 2.52. The molecular formula is C28H32F4N4O6. The largest absolute Gasteiger partial charge is 0.510 e. The lowest BCUT2D eigenvalue weighted by molar-refractivity contribution is -0.147. The number of ketones is 1. The van der Waals surface area contributed by atoms with Crippen molar-refractivity contribution in [2.24, 2.45) is 23.5 Å². The van der Waals surface area contributed by atoms with Crippen molar-refractivity contribution in [3.05, 3.63) is 45.5 Å². The number of rotatable bonds is 7. The summed E-state index contributed by atoms with van der Waals surface area (Å²) in [5.41, 5.74) is -0.198. The number of nitrogens with zero attached hydrogens (tertiary/aromatic N) is 2. The van der Waals surface area contributed by atoms with E-state index in [4.69, 9.17) is 11.1 Å². The minimum Gasteiger partial charge on any atom is -0.510 e. The van der Waals surface area contributed by atoms with Gasteiger partial charge in [0.1, 0.15) is 28.7 Å². The zero-order chi connectivity index (χ0) is 31.0. The fraction of sp³-hybridized carbons (Fsp3) is 0.536. The number of alkyl halides is 3. The number of fused-ring (bicyclic) bond motifs is 3. The van der Waals surface area contributed by atoms with E-state index in [9.17, 15) is 43.2 Å². The maximum absolute atomic E-state index is 16.0. The van der Waals surface area contributed by atoms with Crippen molar-refractivity contribution in [3.8, 4) is 5.75 Å². The number of carbonyl (C=O) groups is 2. The second-order valence-electron chi connectivity index (χ2n) is 12.0. The minimum absolute atomic E-state index is 0.0718. The van der Waals surface area contributed by atoms with Gasteiger partial charge in [0.2, 0.25) is 5.78 Å². The number of likely N-dealkylation sites (N-methyl/N-ethyl adjacent to an activating group) is 1. The van der Waals surface area contributed by atoms with Gasteiger partial charge in [-0.1, -0.05) is 0 Å². The van der Waals surface area contributed by atoms with E-state index in [2.05, 4.69) is 0 Å². The number of halogens is 4. The molecule has 5 rings (SSSR count). The van der Waals surface area contributed by atoms with Crippen molar-refractivity contribution in [1.29, 1.82) is 5.41 Å². The molecule has 4 atom stereocenters. The Morgan fingerprint density at radius 3 is 2.40 bits per heavy atom. The van der Waals surface area contributed by atoms with Gasteiger partial charge in [-0.3, -0.25) is 19.4 Å². The number of amides is 1. The molecule has 0 bridgehead atoms. The smallest absolute Gasteiger partial charge is 0.401 e. The first-order valence-electron chi connectivity index (χ1n) is 13.5. The molecule has 1 aromatic rings. The summed E-state index contributed by atoms with van der Waals surface area (Å²) in [5, 5.41) is 53.1. The molecule has 42 heavy (non-hydrogen) atoms. The van der Waals surface area contributed by atoms with Crippen molar-refractivity contribution in [2.75, 3.05) is 27.2 Å². The number of aliphatic hydroxyl groups is 3. The highest BCUT2D eigenvalue weighted by Gasteiger charge is 2.63. The van der Waals surface area contributed by atoms with Crippen LogP contribution in [0.2, 0.25) is 0 Å². The molecule has 2 fully saturated rings. The second kappa shape index (κ2) is 10.1. The summed E-state index contributed by atoms with van der Waals surface area (Å²) in [5.74, 6) is -7.52. The van der Waals surface area contributed by atoms with Gasteiger partial charge in [0.05, 0.1) is 23.9 Å². The van der Waals surface area contributed by atoms with Gasteiger partial charge in [-0.15, -0.1) is 0 Å². The van der Waals surface area contributed by atoms with E-state index >= 15 is 4.39 Å². The molecule has 0 aromatic heterocycles. The van der Waals surface area contributed by atoms with Crippen LogP contribution >= 0.6 is 0 Å². The number of hydrogen-bond donors (Lipinski definition) is 6. The van der Waals surface area contributed by atoms with Crippen LogP contribution in [0.4, 0.5) is 17.6 Å². The number of phenolic OH excluding ortho intramolecular Hbond substituents is 1. The highest BCUT2D eigenvalue weighted by atomic mass is 19.4. The fourth-order valence-electron chi connectivity index (χ4n) is 6.86. The molecule has 0 spiro atoms. The second-order valence-corrected chi connectivity index (χ2v) is 12.0. The third kappa shape index (κ3) is 4.74. The molecule has 0 aliphatic heterocycles. The summed E-state index contributed by atoms with van der Waals surface area (Å²) in [4.78, 5) is 28.5. The van der Waals surface area contributed by atoms with Crippen LogP contribution in [0.3, 0.4) is 0 Å². The number of phenols is 1. The van der Waals surface area contributed by atoms with E-state index in [0.717, 1.165) is 23.8 Å². The molecule has 7 N–H and O–H groups in total. The standard InChI is InChI=1S/C28H32F4N4O6/c1-35(2)21-15-6-12-5-14-18(22(38)17(12)25(40)28(15,42)24(33)19(23(21)39)26(34)41)16(37)7-13(20(14)29)9-36(8-11-3-4-11)10-27(30,31)32/h7,11-12,15,21,33,37-39,42H,3-6,8-10H2,1-2H3,(H2,34,41)/t12-,15-,21-,28+/m0/s1. The quantitative estimate of drug-likeness (QED) is 0.261. The monoisotopic (exact) mass is 596 g/mol. The first kappa shape index (κ1) is 30.0. The minimum atomic E-state index is -4.53. The van der Waals surface area contributed by atoms with Crippen molar-refractivity contribution in [1.82, 2.24) is 9.80 Å². The zero-order valence-electron chi connectivity index (χ0n) is 22.9. The van der Waals surface area contributed by atoms with Crippen molar-refractivity contribution < 1.29 is 47.6 Å². The number of benzene rings is 1. The SMILES string of the molecule is CN(C)[C@@H]1C(O)=C(C(N)=O)C(=N)[C@@]2(O)C(=O)C3=C(O)c4c(O)cc(CN(CC5CC5)CC(F)(F)F)c(F)c4C[C@H]3C[C@@H]12. The highest BCUT2D eigenvalue weighted by molar-refractivity contribution is 6.33. The predicted octanol–water partition coefficient (Wildman–Crippen LogP) is 2.33. The Balaban J connectivity index is 1.58. The number of primary amides is 1. The van der Waals surface area contributed by atoms with Gasteiger partial charge in [-0.05, 0) is 57.7 Å². The average molecular weight is 597 g/mol. The number of aliphatic hydroxyl groups excluding tert-OH is 2. The van der Waals surface area contributed by atoms with Gasteiger partial charge in [0.25, 0.3) is 5.91 Å². The van der Waals surface area contributed by atoms with Gasteiger partial charge in [-0.2, -0.15) is 13.2 Å². The number of nitrogens with one attached hydrogen (secondary N) is 1. The van der Waals surface area contributed by atoms with E-state index in [1.165, 1.54) is 19.0 Å². The third-order valence-electron chi connectivity index (χ3n) is 8.79. The Kier molecular flexibility index (Phi) is 7.18. The molecule has 0 radical (unpaired) electrons. The van der Waals surface area contributed by atoms with Crippen molar-refractivity contribution >= 4 is 23.2 Å². The molecule has 1 aromatic carbocycles. The normalized spacial score (nSPS) is 27.9. The lowest BCUT2D eigenvalue weighted by Gasteiger charge is -2.51. The summed E-state index contributed by atoms with van der Waals surface area (Å²) >= 11 is 0. The number of aromatic hydroxyl groups is 1. The summed E-state index contributed by atoms with van der Waals surface area (Å²) < 4.78 is 55.7. The number of nitrogens with two attached hydrogens (primary N) is 1. The Hall–Kier alpha value is -3.49. The van der Waals surface area contributed by atoms with Crippen LogP contribution in [-0.2, 0) is 22.6 Å². The van der Waals surface area contributed by atoms with Gasteiger partial charge >= 0.3 is 6.18 Å². The van der Waals surface area contributed by atoms with Crippen LogP contribution < -0.4 is 5.73 Å². The first-order chi connectivity index (χ1) is 19.5. The average Bonchev–Trinajstić information content (AvgIpc) is 3.67. The van der Waals surface area contributed by atoms with Crippen LogP contribution in [0.15, 0.2) is 23.0 Å². The lowest BCUT2D eigenvalue weighted by Crippen LogP contribution is -2.67. The summed E-state index contributed by atoms with van der Waals surface area (Å²) in [6, 6.07) is -0.230. The van der Waals surface area contributed by atoms with Gasteiger partial charge in [0, 0.05) is 35.7 Å². The Labute approximate surface area is 238 Å². The number of Topliss-reactive ketones (excluding diaryl/α,β-unsaturated/α-hetero) is 1. The van der Waals surface area contributed by atoms with Crippen molar-refractivity contribution in [3.63, 3.8) is 0 Å². The van der Waals surface area contributed by atoms with Gasteiger partial charge < -0.3 is 31.6 Å². The molecule has 10 nitrogen and oxygen atoms in total. The molecule has 0 saturated heterocycles. The molecule has 1 amide bonds. The third-order valence-corrected chi connectivity index (χ3v) is 8.79. The van der Waals surface area contributed by atoms with Gasteiger partial charge in [-0.25, -0.2) is 4.39 Å². The fourth-order valence-corrected chi connectivity index (χ4v) is 6.86. The molecule has 4 aliphatic rings. The van der Waals surface area contributed by atoms with E-state index < -0.39 is 94.4 Å². The summed E-state index contributed by atoms with van der Waals surface area (Å²) in [7, 11) is 3.02. The van der Waals surface area contributed by atoms with Crippen LogP contribution in [0, 0.1) is 29.0 Å². The Morgan fingerprint density at radius 1 is 1.21 bits per heavy atom. The molecular weight excluding hydrogens is 564 g/mol. The molecule has 0 unspecified atom stereocenters. The van der Waals surface area contributed by atoms with Crippen LogP contribution in [0.5, 0.6) is 5.75 Å². The topological polar surface area (TPSA) is 171 Å². The zero-order valence-corrected chi connectivity index (χ0v) is 22.9. The van der Waals surface area contributed by atoms with Crippen LogP contribution in [0.25, 0.3) is 5.76 Å². The number of hydrogen-bond acceptors (Lipinski definition) is 9. The molecule has 14 heteroatoms. The van der Waals surface area contributed by atoms with E-state index in [1.807, 2.05) is 0 Å².